The highest BCUT2D eigenvalue weighted by molar-refractivity contribution is 9.10. The van der Waals surface area contributed by atoms with Gasteiger partial charge >= 0.3 is 0 Å². The normalized spacial score (nSPS) is 11.6. The van der Waals surface area contributed by atoms with Crippen LogP contribution < -0.4 is 10.1 Å². The van der Waals surface area contributed by atoms with Gasteiger partial charge in [-0.3, -0.25) is 9.59 Å². The first-order valence-corrected chi connectivity index (χ1v) is 10.8. The van der Waals surface area contributed by atoms with Gasteiger partial charge in [-0.05, 0) is 65.5 Å². The number of amides is 2. The first kappa shape index (κ1) is 23.2. The first-order valence-electron chi connectivity index (χ1n) is 9.59. The molecule has 0 aliphatic carbocycles. The summed E-state index contributed by atoms with van der Waals surface area (Å²) in [7, 11) is 0. The monoisotopic (exact) mass is 480 g/mol. The number of carbonyl (C=O) groups excluding carboxylic acids is 2. The van der Waals surface area contributed by atoms with Gasteiger partial charge in [0, 0.05) is 18.1 Å². The van der Waals surface area contributed by atoms with Crippen molar-refractivity contribution in [3.63, 3.8) is 0 Å². The molecule has 0 aliphatic heterocycles. The van der Waals surface area contributed by atoms with Gasteiger partial charge in [0.15, 0.2) is 6.61 Å². The number of halogens is 2. The summed E-state index contributed by atoms with van der Waals surface area (Å²) < 4.78 is 6.52. The number of benzene rings is 2. The van der Waals surface area contributed by atoms with E-state index in [0.717, 1.165) is 16.5 Å². The number of likely N-dealkylation sites (N-methyl/N-ethyl adjacent to an activating group) is 1. The van der Waals surface area contributed by atoms with Crippen molar-refractivity contribution in [2.75, 3.05) is 13.2 Å². The van der Waals surface area contributed by atoms with E-state index >= 15 is 0 Å². The van der Waals surface area contributed by atoms with Crippen LogP contribution in [0.15, 0.2) is 46.9 Å². The van der Waals surface area contributed by atoms with E-state index in [1.807, 2.05) is 43.3 Å². The fraction of sp³-hybridized carbons (Fsp3) is 0.364. The molecule has 0 saturated carbocycles. The topological polar surface area (TPSA) is 58.6 Å². The minimum absolute atomic E-state index is 0.182. The number of aryl methyl sites for hydroxylation is 1. The summed E-state index contributed by atoms with van der Waals surface area (Å²) in [5.41, 5.74) is 1.94. The van der Waals surface area contributed by atoms with Crippen LogP contribution in [0.25, 0.3) is 0 Å². The lowest BCUT2D eigenvalue weighted by molar-refractivity contribution is -0.142. The van der Waals surface area contributed by atoms with E-state index < -0.39 is 6.04 Å². The molecule has 0 heterocycles. The van der Waals surface area contributed by atoms with Crippen molar-refractivity contribution >= 4 is 39.3 Å². The lowest BCUT2D eigenvalue weighted by atomic mass is 10.1. The van der Waals surface area contributed by atoms with E-state index in [1.54, 1.807) is 13.0 Å². The van der Waals surface area contributed by atoms with Crippen molar-refractivity contribution in [3.8, 4) is 5.75 Å². The molecule has 2 aromatic rings. The largest absolute Gasteiger partial charge is 0.483 e. The summed E-state index contributed by atoms with van der Waals surface area (Å²) in [6.45, 7) is 6.14. The molecule has 1 atom stereocenters. The minimum Gasteiger partial charge on any atom is -0.483 e. The van der Waals surface area contributed by atoms with Gasteiger partial charge in [-0.25, -0.2) is 0 Å². The van der Waals surface area contributed by atoms with Crippen LogP contribution in [0.5, 0.6) is 5.75 Å². The Morgan fingerprint density at radius 2 is 1.93 bits per heavy atom. The zero-order valence-electron chi connectivity index (χ0n) is 16.9. The molecule has 2 rings (SSSR count). The second-order valence-corrected chi connectivity index (χ2v) is 7.85. The van der Waals surface area contributed by atoms with Crippen LogP contribution in [0.1, 0.15) is 31.9 Å². The zero-order valence-corrected chi connectivity index (χ0v) is 19.2. The van der Waals surface area contributed by atoms with Crippen molar-refractivity contribution < 1.29 is 14.3 Å². The molecular weight excluding hydrogens is 456 g/mol. The van der Waals surface area contributed by atoms with E-state index in [4.69, 9.17) is 16.3 Å². The lowest BCUT2D eigenvalue weighted by Crippen LogP contribution is -2.49. The van der Waals surface area contributed by atoms with Gasteiger partial charge in [0.2, 0.25) is 5.91 Å². The van der Waals surface area contributed by atoms with Crippen molar-refractivity contribution in [3.05, 3.63) is 63.1 Å². The smallest absolute Gasteiger partial charge is 0.261 e. The molecule has 0 aromatic heterocycles. The molecule has 0 radical (unpaired) electrons. The molecule has 5 nitrogen and oxygen atoms in total. The molecule has 0 saturated heterocycles. The van der Waals surface area contributed by atoms with Crippen molar-refractivity contribution in [2.24, 2.45) is 0 Å². The van der Waals surface area contributed by atoms with E-state index in [0.29, 0.717) is 17.3 Å². The average molecular weight is 482 g/mol. The maximum absolute atomic E-state index is 13.0. The molecule has 0 aliphatic rings. The molecule has 0 bridgehead atoms. The van der Waals surface area contributed by atoms with Gasteiger partial charge in [-0.15, -0.1) is 0 Å². The van der Waals surface area contributed by atoms with Gasteiger partial charge in [0.1, 0.15) is 11.8 Å². The zero-order chi connectivity index (χ0) is 21.4. The number of ether oxygens (including phenoxy) is 1. The van der Waals surface area contributed by atoms with Crippen molar-refractivity contribution in [1.82, 2.24) is 10.2 Å². The van der Waals surface area contributed by atoms with E-state index in [-0.39, 0.29) is 25.0 Å². The molecule has 0 spiro atoms. The second kappa shape index (κ2) is 11.2. The molecule has 7 heteroatoms. The number of hydrogen-bond acceptors (Lipinski definition) is 3. The van der Waals surface area contributed by atoms with Gasteiger partial charge in [0.05, 0.1) is 4.47 Å². The number of rotatable bonds is 9. The minimum atomic E-state index is -0.659. The van der Waals surface area contributed by atoms with Gasteiger partial charge in [0.25, 0.3) is 5.91 Å². The molecule has 2 aromatic carbocycles. The van der Waals surface area contributed by atoms with E-state index in [2.05, 4.69) is 28.2 Å². The number of hydrogen-bond donors (Lipinski definition) is 1. The summed E-state index contributed by atoms with van der Waals surface area (Å²) in [6, 6.07) is 12.4. The molecule has 1 N–H and O–H groups in total. The quantitative estimate of drug-likeness (QED) is 0.569. The molecule has 1 unspecified atom stereocenters. The number of carbonyl (C=O) groups is 2. The van der Waals surface area contributed by atoms with Crippen LogP contribution in [0.2, 0.25) is 5.02 Å². The third-order valence-corrected chi connectivity index (χ3v) is 5.56. The Morgan fingerprint density at radius 3 is 2.55 bits per heavy atom. The molecular formula is C22H26BrClN2O3. The van der Waals surface area contributed by atoms with Gasteiger partial charge in [-0.1, -0.05) is 42.8 Å². The maximum Gasteiger partial charge on any atom is 0.261 e. The fourth-order valence-corrected chi connectivity index (χ4v) is 3.55. The van der Waals surface area contributed by atoms with Crippen LogP contribution in [-0.2, 0) is 22.6 Å². The Bertz CT molecular complexity index is 860. The summed E-state index contributed by atoms with van der Waals surface area (Å²) in [6.07, 6.45) is 0.910. The Labute approximate surface area is 185 Å². The molecule has 2 amide bonds. The first-order chi connectivity index (χ1) is 13.9. The number of nitrogens with zero attached hydrogens (tertiary/aromatic N) is 1. The highest BCUT2D eigenvalue weighted by Crippen LogP contribution is 2.26. The predicted octanol–water partition coefficient (Wildman–Crippen LogP) is 4.60. The third kappa shape index (κ3) is 6.47. The van der Waals surface area contributed by atoms with Crippen LogP contribution in [0.3, 0.4) is 0 Å². The summed E-state index contributed by atoms with van der Waals surface area (Å²) in [4.78, 5) is 26.8. The third-order valence-electron chi connectivity index (χ3n) is 4.57. The molecule has 29 heavy (non-hydrogen) atoms. The Hall–Kier alpha value is -2.05. The van der Waals surface area contributed by atoms with E-state index in [1.165, 1.54) is 10.5 Å². The van der Waals surface area contributed by atoms with Crippen molar-refractivity contribution in [1.29, 1.82) is 0 Å². The van der Waals surface area contributed by atoms with Crippen molar-refractivity contribution in [2.45, 2.75) is 39.8 Å². The van der Waals surface area contributed by atoms with Gasteiger partial charge < -0.3 is 15.0 Å². The van der Waals surface area contributed by atoms with Crippen LogP contribution in [0, 0.1) is 0 Å². The van der Waals surface area contributed by atoms with Gasteiger partial charge in [-0.2, -0.15) is 0 Å². The average Bonchev–Trinajstić information content (AvgIpc) is 2.71. The number of nitrogens with one attached hydrogen (secondary N) is 1. The SMILES string of the molecule is CCNC(=O)C(C)N(Cc1ccccc1Cl)C(=O)COc1ccc(CC)cc1Br. The maximum atomic E-state index is 13.0. The van der Waals surface area contributed by atoms with E-state index in [9.17, 15) is 9.59 Å². The summed E-state index contributed by atoms with van der Waals surface area (Å²) >= 11 is 9.74. The Kier molecular flexibility index (Phi) is 8.99. The predicted molar refractivity (Wildman–Crippen MR) is 119 cm³/mol. The standard InChI is InChI=1S/C22H26BrClN2O3/c1-4-16-10-11-20(18(23)12-16)29-14-21(27)26(15(3)22(28)25-5-2)13-17-8-6-7-9-19(17)24/h6-12,15H,4-5,13-14H2,1-3H3,(H,25,28). The fourth-order valence-electron chi connectivity index (χ4n) is 2.82. The Balaban J connectivity index is 2.17. The lowest BCUT2D eigenvalue weighted by Gasteiger charge is -2.29. The van der Waals surface area contributed by atoms with Crippen LogP contribution in [0.4, 0.5) is 0 Å². The second-order valence-electron chi connectivity index (χ2n) is 6.59. The highest BCUT2D eigenvalue weighted by Gasteiger charge is 2.26. The van der Waals surface area contributed by atoms with Crippen LogP contribution >= 0.6 is 27.5 Å². The Morgan fingerprint density at radius 1 is 1.21 bits per heavy atom. The van der Waals surface area contributed by atoms with Crippen LogP contribution in [-0.4, -0.2) is 35.9 Å². The highest BCUT2D eigenvalue weighted by atomic mass is 79.9. The molecule has 0 fully saturated rings. The summed E-state index contributed by atoms with van der Waals surface area (Å²) in [5, 5.41) is 3.31. The molecule has 156 valence electrons. The summed E-state index contributed by atoms with van der Waals surface area (Å²) in [5.74, 6) is 0.0652.